The number of carboxylic acids is 1. The first kappa shape index (κ1) is 7.34. The lowest BCUT2D eigenvalue weighted by Gasteiger charge is -1.85. The molecule has 3 nitrogen and oxygen atoms in total. The van der Waals surface area contributed by atoms with Gasteiger partial charge in [0.15, 0.2) is 4.67 Å². The zero-order chi connectivity index (χ0) is 7.72. The van der Waals surface area contributed by atoms with Gasteiger partial charge in [-0.25, -0.2) is 4.79 Å². The van der Waals surface area contributed by atoms with E-state index in [2.05, 4.69) is 15.9 Å². The van der Waals surface area contributed by atoms with E-state index in [9.17, 15) is 4.79 Å². The summed E-state index contributed by atoms with van der Waals surface area (Å²) in [5, 5.41) is 8.46. The van der Waals surface area contributed by atoms with Crippen molar-refractivity contribution in [1.82, 2.24) is 0 Å². The third-order valence-corrected chi connectivity index (χ3v) is 1.47. The molecule has 0 radical (unpaired) electrons. The second-order valence-corrected chi connectivity index (χ2v) is 2.65. The van der Waals surface area contributed by atoms with E-state index < -0.39 is 5.97 Å². The lowest BCUT2D eigenvalue weighted by Crippen LogP contribution is -1.94. The highest BCUT2D eigenvalue weighted by Gasteiger charge is 2.12. The van der Waals surface area contributed by atoms with Crippen LogP contribution in [0.2, 0.25) is 0 Å². The standard InChI is InChI=1S/C6H5BrO3/c1-3-2-4(7)10-5(3)6(8)9/h2H,1H3,(H,8,9). The van der Waals surface area contributed by atoms with Gasteiger partial charge in [-0.2, -0.15) is 0 Å². The number of aryl methyl sites for hydroxylation is 1. The van der Waals surface area contributed by atoms with Gasteiger partial charge in [-0.3, -0.25) is 0 Å². The Labute approximate surface area is 65.8 Å². The molecule has 1 rings (SSSR count). The number of hydrogen-bond acceptors (Lipinski definition) is 2. The van der Waals surface area contributed by atoms with Crippen LogP contribution in [-0.2, 0) is 0 Å². The van der Waals surface area contributed by atoms with Gasteiger partial charge in [0.1, 0.15) is 0 Å². The summed E-state index contributed by atoms with van der Waals surface area (Å²) < 4.78 is 5.24. The summed E-state index contributed by atoms with van der Waals surface area (Å²) in [7, 11) is 0. The smallest absolute Gasteiger partial charge is 0.372 e. The molecule has 0 fully saturated rings. The van der Waals surface area contributed by atoms with E-state index in [0.29, 0.717) is 10.2 Å². The maximum Gasteiger partial charge on any atom is 0.372 e. The molecule has 0 aliphatic heterocycles. The highest BCUT2D eigenvalue weighted by molar-refractivity contribution is 9.10. The van der Waals surface area contributed by atoms with E-state index in [1.54, 1.807) is 13.0 Å². The molecule has 0 aromatic carbocycles. The van der Waals surface area contributed by atoms with Crippen molar-refractivity contribution in [1.29, 1.82) is 0 Å². The van der Waals surface area contributed by atoms with E-state index in [1.807, 2.05) is 0 Å². The minimum atomic E-state index is -1.04. The molecule has 0 atom stereocenters. The topological polar surface area (TPSA) is 50.4 Å². The van der Waals surface area contributed by atoms with Crippen LogP contribution in [0.1, 0.15) is 16.1 Å². The summed E-state index contributed by atoms with van der Waals surface area (Å²) in [6, 6.07) is 1.61. The molecule has 1 aromatic rings. The number of rotatable bonds is 1. The van der Waals surface area contributed by atoms with Crippen LogP contribution in [0, 0.1) is 6.92 Å². The molecule has 4 heteroatoms. The van der Waals surface area contributed by atoms with E-state index in [1.165, 1.54) is 0 Å². The monoisotopic (exact) mass is 204 g/mol. The Kier molecular flexibility index (Phi) is 1.80. The molecule has 1 aromatic heterocycles. The second-order valence-electron chi connectivity index (χ2n) is 1.87. The maximum atomic E-state index is 10.3. The fourth-order valence-corrected chi connectivity index (χ4v) is 1.16. The molecule has 54 valence electrons. The van der Waals surface area contributed by atoms with Crippen molar-refractivity contribution in [3.63, 3.8) is 0 Å². The summed E-state index contributed by atoms with van der Waals surface area (Å²) in [4.78, 5) is 10.3. The number of hydrogen-bond donors (Lipinski definition) is 1. The van der Waals surface area contributed by atoms with Crippen LogP contribution in [0.25, 0.3) is 0 Å². The number of halogens is 1. The van der Waals surface area contributed by atoms with Gasteiger partial charge < -0.3 is 9.52 Å². The average Bonchev–Trinajstić information content (AvgIpc) is 2.10. The highest BCUT2D eigenvalue weighted by Crippen LogP contribution is 2.18. The summed E-state index contributed by atoms with van der Waals surface area (Å²) in [6.45, 7) is 1.68. The second kappa shape index (κ2) is 2.46. The molecule has 0 saturated carbocycles. The van der Waals surface area contributed by atoms with Crippen LogP contribution in [-0.4, -0.2) is 11.1 Å². The van der Waals surface area contributed by atoms with Crippen molar-refractivity contribution in [2.75, 3.05) is 0 Å². The zero-order valence-corrected chi connectivity index (χ0v) is 6.81. The third kappa shape index (κ3) is 1.21. The third-order valence-electron chi connectivity index (χ3n) is 1.08. The van der Waals surface area contributed by atoms with E-state index in [-0.39, 0.29) is 5.76 Å². The summed E-state index contributed by atoms with van der Waals surface area (Å²) in [5.74, 6) is -1.05. The van der Waals surface area contributed by atoms with Crippen LogP contribution in [0.3, 0.4) is 0 Å². The number of furan rings is 1. The predicted molar refractivity (Wildman–Crippen MR) is 38.1 cm³/mol. The van der Waals surface area contributed by atoms with Crippen molar-refractivity contribution >= 4 is 21.9 Å². The van der Waals surface area contributed by atoms with Gasteiger partial charge in [0.05, 0.1) is 0 Å². The van der Waals surface area contributed by atoms with Crippen LogP contribution < -0.4 is 0 Å². The molecule has 0 unspecified atom stereocenters. The highest BCUT2D eigenvalue weighted by atomic mass is 79.9. The van der Waals surface area contributed by atoms with Gasteiger partial charge in [-0.15, -0.1) is 0 Å². The van der Waals surface area contributed by atoms with Crippen molar-refractivity contribution in [2.45, 2.75) is 6.92 Å². The van der Waals surface area contributed by atoms with Crippen LogP contribution in [0.15, 0.2) is 15.2 Å². The molecule has 10 heavy (non-hydrogen) atoms. The molecule has 1 heterocycles. The van der Waals surface area contributed by atoms with Gasteiger partial charge in [0, 0.05) is 5.56 Å². The van der Waals surface area contributed by atoms with Crippen molar-refractivity contribution in [3.05, 3.63) is 22.1 Å². The van der Waals surface area contributed by atoms with Gasteiger partial charge in [-0.05, 0) is 28.9 Å². The summed E-state index contributed by atoms with van der Waals surface area (Å²) >= 11 is 3.02. The molecular formula is C6H5BrO3. The fourth-order valence-electron chi connectivity index (χ4n) is 0.656. The summed E-state index contributed by atoms with van der Waals surface area (Å²) in [5.41, 5.74) is 0.624. The quantitative estimate of drug-likeness (QED) is 0.763. The average molecular weight is 205 g/mol. The van der Waals surface area contributed by atoms with E-state index in [0.717, 1.165) is 0 Å². The Hall–Kier alpha value is -0.770. The molecule has 0 amide bonds. The normalized spacial score (nSPS) is 9.80. The Morgan fingerprint density at radius 3 is 2.60 bits per heavy atom. The maximum absolute atomic E-state index is 10.3. The SMILES string of the molecule is Cc1cc(Br)oc1C(=O)O. The first-order valence-corrected chi connectivity index (χ1v) is 3.40. The van der Waals surface area contributed by atoms with Crippen molar-refractivity contribution in [3.8, 4) is 0 Å². The molecule has 0 aliphatic carbocycles. The van der Waals surface area contributed by atoms with Gasteiger partial charge >= 0.3 is 5.97 Å². The van der Waals surface area contributed by atoms with Crippen molar-refractivity contribution < 1.29 is 14.3 Å². The zero-order valence-electron chi connectivity index (χ0n) is 5.22. The molecule has 0 spiro atoms. The molecule has 0 saturated heterocycles. The first-order valence-electron chi connectivity index (χ1n) is 2.60. The van der Waals surface area contributed by atoms with E-state index >= 15 is 0 Å². The Morgan fingerprint density at radius 2 is 2.40 bits per heavy atom. The minimum absolute atomic E-state index is 0.00752. The number of carboxylic acid groups (broad SMARTS) is 1. The van der Waals surface area contributed by atoms with Gasteiger partial charge in [-0.1, -0.05) is 0 Å². The summed E-state index contributed by atoms with van der Waals surface area (Å²) in [6.07, 6.45) is 0. The fraction of sp³-hybridized carbons (Fsp3) is 0.167. The van der Waals surface area contributed by atoms with Crippen molar-refractivity contribution in [2.24, 2.45) is 0 Å². The molecular weight excluding hydrogens is 200 g/mol. The van der Waals surface area contributed by atoms with Crippen LogP contribution in [0.5, 0.6) is 0 Å². The lowest BCUT2D eigenvalue weighted by atomic mass is 10.3. The minimum Gasteiger partial charge on any atom is -0.475 e. The van der Waals surface area contributed by atoms with Crippen LogP contribution >= 0.6 is 15.9 Å². The van der Waals surface area contributed by atoms with Gasteiger partial charge in [0.25, 0.3) is 0 Å². The molecule has 1 N–H and O–H groups in total. The Balaban J connectivity index is 3.15. The number of carbonyl (C=O) groups is 1. The van der Waals surface area contributed by atoms with Gasteiger partial charge in [0.2, 0.25) is 5.76 Å². The lowest BCUT2D eigenvalue weighted by molar-refractivity contribution is 0.0660. The van der Waals surface area contributed by atoms with Crippen LogP contribution in [0.4, 0.5) is 0 Å². The largest absolute Gasteiger partial charge is 0.475 e. The Morgan fingerprint density at radius 1 is 1.80 bits per heavy atom. The molecule has 0 bridgehead atoms. The predicted octanol–water partition coefficient (Wildman–Crippen LogP) is 2.05. The Bertz CT molecular complexity index is 264. The van der Waals surface area contributed by atoms with E-state index in [4.69, 9.17) is 9.52 Å². The first-order chi connectivity index (χ1) is 4.61. The number of aromatic carboxylic acids is 1. The molecule has 0 aliphatic rings.